The minimum Gasteiger partial charge on any atom is -0.398 e. The maximum absolute atomic E-state index is 11.1. The first-order chi connectivity index (χ1) is 6.02. The molecule has 0 heterocycles. The fraction of sp³-hybridized carbons (Fsp3) is 0.300. The Labute approximate surface area is 86.3 Å². The molecule has 1 unspecified atom stereocenters. The monoisotopic (exact) mass is 241 g/mol. The van der Waals surface area contributed by atoms with Crippen molar-refractivity contribution in [2.75, 3.05) is 5.73 Å². The molecule has 0 saturated carbocycles. The zero-order valence-corrected chi connectivity index (χ0v) is 9.26. The summed E-state index contributed by atoms with van der Waals surface area (Å²) in [6.07, 6.45) is 0. The van der Waals surface area contributed by atoms with Gasteiger partial charge in [0, 0.05) is 16.1 Å². The van der Waals surface area contributed by atoms with Crippen molar-refractivity contribution in [1.29, 1.82) is 0 Å². The second kappa shape index (κ2) is 3.92. The normalized spacial score (nSPS) is 12.5. The van der Waals surface area contributed by atoms with Crippen LogP contribution in [0.15, 0.2) is 22.7 Å². The molecule has 1 aromatic rings. The lowest BCUT2D eigenvalue weighted by Crippen LogP contribution is -2.04. The van der Waals surface area contributed by atoms with Crippen molar-refractivity contribution in [3.63, 3.8) is 0 Å². The van der Waals surface area contributed by atoms with Crippen LogP contribution in [0.5, 0.6) is 0 Å². The maximum Gasteiger partial charge on any atom is 0.136 e. The predicted molar refractivity (Wildman–Crippen MR) is 57.7 cm³/mol. The van der Waals surface area contributed by atoms with E-state index in [-0.39, 0.29) is 11.7 Å². The summed E-state index contributed by atoms with van der Waals surface area (Å²) in [5.41, 5.74) is 7.32. The quantitative estimate of drug-likeness (QED) is 0.810. The Balaban J connectivity index is 3.03. The van der Waals surface area contributed by atoms with Crippen LogP contribution in [-0.4, -0.2) is 5.78 Å². The molecule has 2 nitrogen and oxygen atoms in total. The molecule has 0 spiro atoms. The first kappa shape index (κ1) is 10.3. The van der Waals surface area contributed by atoms with Crippen LogP contribution in [0.1, 0.15) is 25.3 Å². The zero-order chi connectivity index (χ0) is 10.0. The molecule has 0 aromatic heterocycles. The van der Waals surface area contributed by atoms with E-state index >= 15 is 0 Å². The number of benzene rings is 1. The lowest BCUT2D eigenvalue weighted by atomic mass is 9.98. The molecule has 1 rings (SSSR count). The second-order valence-electron chi connectivity index (χ2n) is 3.11. The second-order valence-corrected chi connectivity index (χ2v) is 3.97. The molecule has 0 amide bonds. The van der Waals surface area contributed by atoms with Gasteiger partial charge in [-0.2, -0.15) is 0 Å². The van der Waals surface area contributed by atoms with Gasteiger partial charge in [-0.1, -0.05) is 13.0 Å². The number of ketones is 1. The molecular formula is C10H12BrNO. The predicted octanol–water partition coefficient (Wildman–Crippen LogP) is 2.72. The van der Waals surface area contributed by atoms with Gasteiger partial charge in [0.15, 0.2) is 0 Å². The molecule has 0 fully saturated rings. The van der Waals surface area contributed by atoms with Crippen LogP contribution in [0, 0.1) is 0 Å². The van der Waals surface area contributed by atoms with Crippen LogP contribution < -0.4 is 5.73 Å². The Kier molecular flexibility index (Phi) is 3.09. The summed E-state index contributed by atoms with van der Waals surface area (Å²) in [7, 11) is 0. The molecule has 13 heavy (non-hydrogen) atoms. The third-order valence-corrected chi connectivity index (χ3v) is 2.82. The van der Waals surface area contributed by atoms with Gasteiger partial charge in [0.25, 0.3) is 0 Å². The summed E-state index contributed by atoms with van der Waals surface area (Å²) in [5.74, 6) is 0.105. The highest BCUT2D eigenvalue weighted by atomic mass is 79.9. The molecule has 70 valence electrons. The van der Waals surface area contributed by atoms with Gasteiger partial charge >= 0.3 is 0 Å². The van der Waals surface area contributed by atoms with Crippen LogP contribution in [0.25, 0.3) is 0 Å². The van der Waals surface area contributed by atoms with Gasteiger partial charge < -0.3 is 5.73 Å². The zero-order valence-electron chi connectivity index (χ0n) is 7.67. The number of hydrogen-bond acceptors (Lipinski definition) is 2. The number of halogens is 1. The molecular weight excluding hydrogens is 230 g/mol. The van der Waals surface area contributed by atoms with Gasteiger partial charge in [0.2, 0.25) is 0 Å². The van der Waals surface area contributed by atoms with E-state index in [9.17, 15) is 4.79 Å². The molecule has 0 bridgehead atoms. The third-order valence-electron chi connectivity index (χ3n) is 2.13. The van der Waals surface area contributed by atoms with E-state index in [1.54, 1.807) is 13.0 Å². The summed E-state index contributed by atoms with van der Waals surface area (Å²) in [4.78, 5) is 11.1. The molecule has 1 atom stereocenters. The van der Waals surface area contributed by atoms with Crippen LogP contribution in [0.3, 0.4) is 0 Å². The fourth-order valence-electron chi connectivity index (χ4n) is 1.05. The van der Waals surface area contributed by atoms with E-state index in [1.165, 1.54) is 0 Å². The maximum atomic E-state index is 11.1. The molecule has 1 aromatic carbocycles. The van der Waals surface area contributed by atoms with Crippen LogP contribution in [0.4, 0.5) is 5.69 Å². The van der Waals surface area contributed by atoms with E-state index in [1.807, 2.05) is 19.1 Å². The van der Waals surface area contributed by atoms with E-state index < -0.39 is 0 Å². The Morgan fingerprint density at radius 1 is 1.54 bits per heavy atom. The number of anilines is 1. The van der Waals surface area contributed by atoms with Gasteiger partial charge in [-0.15, -0.1) is 0 Å². The Hall–Kier alpha value is -0.830. The minimum atomic E-state index is -0.0584. The summed E-state index contributed by atoms with van der Waals surface area (Å²) in [6, 6.07) is 5.58. The summed E-state index contributed by atoms with van der Waals surface area (Å²) >= 11 is 3.33. The van der Waals surface area contributed by atoms with Crippen molar-refractivity contribution < 1.29 is 4.79 Å². The average Bonchev–Trinajstić information content (AvgIpc) is 2.08. The van der Waals surface area contributed by atoms with Crippen LogP contribution in [-0.2, 0) is 4.79 Å². The average molecular weight is 242 g/mol. The number of nitrogen functional groups attached to an aromatic ring is 1. The number of nitrogens with two attached hydrogens (primary N) is 1. The molecule has 0 aliphatic carbocycles. The first-order valence-electron chi connectivity index (χ1n) is 4.07. The summed E-state index contributed by atoms with van der Waals surface area (Å²) in [5, 5.41) is 0. The van der Waals surface area contributed by atoms with Crippen molar-refractivity contribution in [3.8, 4) is 0 Å². The standard InChI is InChI=1S/C10H12BrNO/c1-6(7(2)13)8-3-4-10(12)9(11)5-8/h3-6H,12H2,1-2H3. The Morgan fingerprint density at radius 2 is 2.15 bits per heavy atom. The van der Waals surface area contributed by atoms with Gasteiger partial charge in [0.1, 0.15) is 5.78 Å². The van der Waals surface area contributed by atoms with Crippen LogP contribution in [0.2, 0.25) is 0 Å². The largest absolute Gasteiger partial charge is 0.398 e. The van der Waals surface area contributed by atoms with Crippen molar-refractivity contribution in [2.45, 2.75) is 19.8 Å². The van der Waals surface area contributed by atoms with E-state index in [0.717, 1.165) is 10.0 Å². The molecule has 0 radical (unpaired) electrons. The Morgan fingerprint density at radius 3 is 2.62 bits per heavy atom. The SMILES string of the molecule is CC(=O)C(C)c1ccc(N)c(Br)c1. The Bertz CT molecular complexity index is 336. The molecule has 3 heteroatoms. The van der Waals surface area contributed by atoms with E-state index in [0.29, 0.717) is 5.69 Å². The smallest absolute Gasteiger partial charge is 0.136 e. The van der Waals surface area contributed by atoms with E-state index in [4.69, 9.17) is 5.73 Å². The summed E-state index contributed by atoms with van der Waals surface area (Å²) < 4.78 is 0.845. The molecule has 2 N–H and O–H groups in total. The lowest BCUT2D eigenvalue weighted by molar-refractivity contribution is -0.118. The van der Waals surface area contributed by atoms with Gasteiger partial charge in [-0.05, 0) is 40.5 Å². The van der Waals surface area contributed by atoms with Crippen molar-refractivity contribution in [1.82, 2.24) is 0 Å². The number of hydrogen-bond donors (Lipinski definition) is 1. The topological polar surface area (TPSA) is 43.1 Å². The highest BCUT2D eigenvalue weighted by Gasteiger charge is 2.10. The molecule has 0 saturated heterocycles. The fourth-order valence-corrected chi connectivity index (χ4v) is 1.44. The van der Waals surface area contributed by atoms with Crippen molar-refractivity contribution >= 4 is 27.4 Å². The van der Waals surface area contributed by atoms with E-state index in [2.05, 4.69) is 15.9 Å². The lowest BCUT2D eigenvalue weighted by Gasteiger charge is -2.09. The minimum absolute atomic E-state index is 0.0584. The number of rotatable bonds is 2. The highest BCUT2D eigenvalue weighted by molar-refractivity contribution is 9.10. The van der Waals surface area contributed by atoms with Gasteiger partial charge in [0.05, 0.1) is 0 Å². The molecule has 0 aliphatic heterocycles. The number of Topliss-reactive ketones (excluding diaryl/α,β-unsaturated/α-hetero) is 1. The highest BCUT2D eigenvalue weighted by Crippen LogP contribution is 2.25. The van der Waals surface area contributed by atoms with Gasteiger partial charge in [-0.25, -0.2) is 0 Å². The third kappa shape index (κ3) is 2.31. The van der Waals surface area contributed by atoms with Crippen molar-refractivity contribution in [2.24, 2.45) is 0 Å². The van der Waals surface area contributed by atoms with Crippen molar-refractivity contribution in [3.05, 3.63) is 28.2 Å². The summed E-state index contributed by atoms with van der Waals surface area (Å²) in [6.45, 7) is 3.48. The van der Waals surface area contributed by atoms with Gasteiger partial charge in [-0.3, -0.25) is 4.79 Å². The molecule has 0 aliphatic rings. The first-order valence-corrected chi connectivity index (χ1v) is 4.87. The number of carbonyl (C=O) groups is 1. The number of carbonyl (C=O) groups excluding carboxylic acids is 1. The van der Waals surface area contributed by atoms with Crippen LogP contribution >= 0.6 is 15.9 Å².